The van der Waals surface area contributed by atoms with E-state index in [4.69, 9.17) is 16.3 Å². The highest BCUT2D eigenvalue weighted by Gasteiger charge is 2.30. The highest BCUT2D eigenvalue weighted by Crippen LogP contribution is 2.26. The minimum Gasteiger partial charge on any atom is -0.443 e. The average molecular weight is 406 g/mol. The van der Waals surface area contributed by atoms with Gasteiger partial charge < -0.3 is 10.1 Å². The van der Waals surface area contributed by atoms with Crippen molar-refractivity contribution in [3.8, 4) is 0 Å². The number of ether oxygens (including phenoxy) is 1. The molecule has 2 aromatic carbocycles. The fourth-order valence-electron chi connectivity index (χ4n) is 2.28. The van der Waals surface area contributed by atoms with Gasteiger partial charge in [0.05, 0.1) is 4.92 Å². The van der Waals surface area contributed by atoms with Gasteiger partial charge in [-0.05, 0) is 19.1 Å². The first-order chi connectivity index (χ1) is 13.3. The molecule has 1 unspecified atom stereocenters. The Kier molecular flexibility index (Phi) is 7.05. The summed E-state index contributed by atoms with van der Waals surface area (Å²) in [5.41, 5.74) is -0.656. The molecule has 0 aliphatic carbocycles. The van der Waals surface area contributed by atoms with Crippen LogP contribution in [0.2, 0.25) is 5.02 Å². The number of nitro groups is 1. The van der Waals surface area contributed by atoms with Crippen molar-refractivity contribution in [2.75, 3.05) is 6.54 Å². The van der Waals surface area contributed by atoms with E-state index < -0.39 is 40.2 Å². The summed E-state index contributed by atoms with van der Waals surface area (Å²) in [6.45, 7) is 1.95. The van der Waals surface area contributed by atoms with Crippen LogP contribution in [0.1, 0.15) is 28.9 Å². The Morgan fingerprint density at radius 2 is 1.86 bits per heavy atom. The molecule has 0 radical (unpaired) electrons. The van der Waals surface area contributed by atoms with Gasteiger partial charge in [-0.1, -0.05) is 41.9 Å². The van der Waals surface area contributed by atoms with Crippen LogP contribution in [0.3, 0.4) is 0 Å². The van der Waals surface area contributed by atoms with E-state index in [1.807, 2.05) is 0 Å². The van der Waals surface area contributed by atoms with Crippen LogP contribution < -0.4 is 10.6 Å². The summed E-state index contributed by atoms with van der Waals surface area (Å²) in [4.78, 5) is 47.1. The minimum absolute atomic E-state index is 0.0839. The molecular weight excluding hydrogens is 390 g/mol. The first kappa shape index (κ1) is 20.8. The molecule has 10 heteroatoms. The molecule has 2 N–H and O–H groups in total. The molecule has 0 spiro atoms. The molecule has 28 heavy (non-hydrogen) atoms. The number of halogens is 1. The summed E-state index contributed by atoms with van der Waals surface area (Å²) < 4.78 is 5.22. The number of hydrogen-bond acceptors (Lipinski definition) is 6. The standard InChI is InChI=1S/C18H16ClN3O6/c1-2-20-18(25)21-16(23)15(11-6-4-3-5-7-11)28-17(24)13-10-12(19)8-9-14(13)22(26)27/h3-10,15H,2H2,1H3,(H2,20,21,23,25). The van der Waals surface area contributed by atoms with E-state index in [0.29, 0.717) is 0 Å². The third-order valence-corrected chi connectivity index (χ3v) is 3.75. The lowest BCUT2D eigenvalue weighted by molar-refractivity contribution is -0.385. The third kappa shape index (κ3) is 5.27. The maximum absolute atomic E-state index is 12.6. The van der Waals surface area contributed by atoms with Gasteiger partial charge in [0.25, 0.3) is 11.6 Å². The first-order valence-corrected chi connectivity index (χ1v) is 8.49. The van der Waals surface area contributed by atoms with Crippen LogP contribution in [-0.2, 0) is 9.53 Å². The lowest BCUT2D eigenvalue weighted by Gasteiger charge is -2.17. The number of amides is 3. The summed E-state index contributed by atoms with van der Waals surface area (Å²) in [7, 11) is 0. The molecule has 3 amide bonds. The van der Waals surface area contributed by atoms with Crippen LogP contribution in [0, 0.1) is 10.1 Å². The summed E-state index contributed by atoms with van der Waals surface area (Å²) in [5, 5.41) is 15.7. The van der Waals surface area contributed by atoms with Crippen molar-refractivity contribution in [1.82, 2.24) is 10.6 Å². The molecular formula is C18H16ClN3O6. The summed E-state index contributed by atoms with van der Waals surface area (Å²) >= 11 is 5.82. The quantitative estimate of drug-likeness (QED) is 0.432. The van der Waals surface area contributed by atoms with Gasteiger partial charge in [-0.25, -0.2) is 9.59 Å². The third-order valence-electron chi connectivity index (χ3n) is 3.51. The number of nitrogens with zero attached hydrogens (tertiary/aromatic N) is 1. The zero-order chi connectivity index (χ0) is 20.7. The van der Waals surface area contributed by atoms with E-state index in [0.717, 1.165) is 12.1 Å². The van der Waals surface area contributed by atoms with Gasteiger partial charge in [0.15, 0.2) is 0 Å². The minimum atomic E-state index is -1.50. The molecule has 9 nitrogen and oxygen atoms in total. The van der Waals surface area contributed by atoms with E-state index in [1.165, 1.54) is 18.2 Å². The Bertz CT molecular complexity index is 903. The number of nitrogens with one attached hydrogen (secondary N) is 2. The van der Waals surface area contributed by atoms with E-state index in [9.17, 15) is 24.5 Å². The molecule has 0 aliphatic rings. The number of imide groups is 1. The van der Waals surface area contributed by atoms with Gasteiger partial charge >= 0.3 is 12.0 Å². The summed E-state index contributed by atoms with van der Waals surface area (Å²) in [5.74, 6) is -2.04. The number of hydrogen-bond donors (Lipinski definition) is 2. The van der Waals surface area contributed by atoms with Crippen molar-refractivity contribution in [2.24, 2.45) is 0 Å². The van der Waals surface area contributed by atoms with Crippen molar-refractivity contribution in [2.45, 2.75) is 13.0 Å². The molecule has 1 atom stereocenters. The van der Waals surface area contributed by atoms with Gasteiger partial charge in [-0.2, -0.15) is 0 Å². The number of benzene rings is 2. The molecule has 0 saturated carbocycles. The van der Waals surface area contributed by atoms with Gasteiger partial charge in [0, 0.05) is 23.2 Å². The lowest BCUT2D eigenvalue weighted by Crippen LogP contribution is -2.42. The topological polar surface area (TPSA) is 128 Å². The molecule has 0 heterocycles. The van der Waals surface area contributed by atoms with E-state index >= 15 is 0 Å². The zero-order valence-corrected chi connectivity index (χ0v) is 15.4. The van der Waals surface area contributed by atoms with Crippen LogP contribution in [0.5, 0.6) is 0 Å². The Morgan fingerprint density at radius 1 is 1.18 bits per heavy atom. The lowest BCUT2D eigenvalue weighted by atomic mass is 10.1. The van der Waals surface area contributed by atoms with Crippen LogP contribution in [-0.4, -0.2) is 29.4 Å². The van der Waals surface area contributed by atoms with Crippen LogP contribution in [0.25, 0.3) is 0 Å². The van der Waals surface area contributed by atoms with Crippen molar-refractivity contribution in [3.63, 3.8) is 0 Å². The van der Waals surface area contributed by atoms with E-state index in [1.54, 1.807) is 25.1 Å². The van der Waals surface area contributed by atoms with Gasteiger partial charge in [-0.3, -0.25) is 20.2 Å². The van der Waals surface area contributed by atoms with Gasteiger partial charge in [0.2, 0.25) is 6.10 Å². The molecule has 146 valence electrons. The molecule has 0 aliphatic heterocycles. The second kappa shape index (κ2) is 9.47. The smallest absolute Gasteiger partial charge is 0.346 e. The number of carbonyl (C=O) groups excluding carboxylic acids is 3. The SMILES string of the molecule is CCNC(=O)NC(=O)C(OC(=O)c1cc(Cl)ccc1[N+](=O)[O-])c1ccccc1. The van der Waals surface area contributed by atoms with Crippen molar-refractivity contribution in [3.05, 3.63) is 74.8 Å². The zero-order valence-electron chi connectivity index (χ0n) is 14.7. The number of rotatable bonds is 6. The van der Waals surface area contributed by atoms with E-state index in [2.05, 4.69) is 10.6 Å². The van der Waals surface area contributed by atoms with Crippen LogP contribution in [0.4, 0.5) is 10.5 Å². The largest absolute Gasteiger partial charge is 0.443 e. The second-order valence-corrected chi connectivity index (χ2v) is 5.90. The highest BCUT2D eigenvalue weighted by atomic mass is 35.5. The predicted octanol–water partition coefficient (Wildman–Crippen LogP) is 2.99. The van der Waals surface area contributed by atoms with Crippen molar-refractivity contribution >= 4 is 35.2 Å². The van der Waals surface area contributed by atoms with Crippen LogP contribution in [0.15, 0.2) is 48.5 Å². The Labute approximate surface area is 164 Å². The monoisotopic (exact) mass is 405 g/mol. The van der Waals surface area contributed by atoms with Crippen LogP contribution >= 0.6 is 11.6 Å². The molecule has 0 bridgehead atoms. The summed E-state index contributed by atoms with van der Waals surface area (Å²) in [6, 6.07) is 10.6. The fraction of sp³-hybridized carbons (Fsp3) is 0.167. The normalized spacial score (nSPS) is 11.2. The van der Waals surface area contributed by atoms with Crippen molar-refractivity contribution < 1.29 is 24.0 Å². The van der Waals surface area contributed by atoms with E-state index in [-0.39, 0.29) is 17.1 Å². The molecule has 0 fully saturated rings. The number of esters is 1. The van der Waals surface area contributed by atoms with Gasteiger partial charge in [-0.15, -0.1) is 0 Å². The predicted molar refractivity (Wildman–Crippen MR) is 99.9 cm³/mol. The second-order valence-electron chi connectivity index (χ2n) is 5.46. The maximum atomic E-state index is 12.6. The Balaban J connectivity index is 2.34. The number of nitro benzene ring substituents is 1. The molecule has 2 rings (SSSR count). The first-order valence-electron chi connectivity index (χ1n) is 8.12. The number of carbonyl (C=O) groups is 3. The molecule has 2 aromatic rings. The van der Waals surface area contributed by atoms with Gasteiger partial charge in [0.1, 0.15) is 5.56 Å². The molecule has 0 saturated heterocycles. The molecule has 0 aromatic heterocycles. The summed E-state index contributed by atoms with van der Waals surface area (Å²) in [6.07, 6.45) is -1.50. The Hall–Kier alpha value is -3.46. The maximum Gasteiger partial charge on any atom is 0.346 e. The Morgan fingerprint density at radius 3 is 2.46 bits per heavy atom. The van der Waals surface area contributed by atoms with Crippen molar-refractivity contribution in [1.29, 1.82) is 0 Å². The average Bonchev–Trinajstić information content (AvgIpc) is 2.66. The number of urea groups is 1. The fourth-order valence-corrected chi connectivity index (χ4v) is 2.46. The highest BCUT2D eigenvalue weighted by molar-refractivity contribution is 6.31.